The average Bonchev–Trinajstić information content (AvgIpc) is 3.70. The van der Waals surface area contributed by atoms with Gasteiger partial charge in [0.15, 0.2) is 6.23 Å². The molecule has 0 spiro atoms. The third-order valence-electron chi connectivity index (χ3n) is 11.8. The zero-order chi connectivity index (χ0) is 36.3. The number of anilines is 2. The van der Waals surface area contributed by atoms with Crippen LogP contribution in [0.5, 0.6) is 0 Å². The highest BCUT2D eigenvalue weighted by atomic mass is 16.6. The predicted molar refractivity (Wildman–Crippen MR) is 204 cm³/mol. The number of hydrogen-bond donors (Lipinski definition) is 0. The Balaban J connectivity index is 1.32. The molecule has 3 aromatic heterocycles. The van der Waals surface area contributed by atoms with E-state index in [0.29, 0.717) is 5.92 Å². The number of carbonyl (C=O) groups is 1. The number of fused-ring (bicyclic) bond motifs is 6. The van der Waals surface area contributed by atoms with Gasteiger partial charge in [-0.3, -0.25) is 9.88 Å². The molecule has 1 saturated carbocycles. The van der Waals surface area contributed by atoms with E-state index in [0.717, 1.165) is 78.1 Å². The van der Waals surface area contributed by atoms with Crippen LogP contribution < -0.4 is 4.90 Å². The number of nitrogens with zero attached hydrogens (tertiary/aromatic N) is 6. The fraction of sp³-hybridized carbons (Fsp3) is 0.442. The minimum absolute atomic E-state index is 0.0233. The van der Waals surface area contributed by atoms with E-state index in [1.54, 1.807) is 11.1 Å². The molecule has 9 nitrogen and oxygen atoms in total. The Labute approximate surface area is 307 Å². The number of ether oxygens (including phenoxy) is 2. The second-order valence-corrected chi connectivity index (χ2v) is 16.5. The van der Waals surface area contributed by atoms with Gasteiger partial charge in [-0.15, -0.1) is 0 Å². The minimum Gasteiger partial charge on any atom is -0.444 e. The zero-order valence-corrected chi connectivity index (χ0v) is 31.3. The van der Waals surface area contributed by atoms with E-state index in [1.165, 1.54) is 11.3 Å². The quantitative estimate of drug-likeness (QED) is 0.149. The number of carbonyl (C=O) groups excluding carboxylic acids is 1. The zero-order valence-electron chi connectivity index (χ0n) is 31.3. The largest absolute Gasteiger partial charge is 0.444 e. The molecule has 3 unspecified atom stereocenters. The Morgan fingerprint density at radius 2 is 1.75 bits per heavy atom. The lowest BCUT2D eigenvalue weighted by Gasteiger charge is -2.35. The van der Waals surface area contributed by atoms with Crippen molar-refractivity contribution in [2.45, 2.75) is 103 Å². The maximum atomic E-state index is 13.9. The molecule has 0 radical (unpaired) electrons. The normalized spacial score (nSPS) is 22.0. The van der Waals surface area contributed by atoms with Crippen LogP contribution in [0, 0.1) is 5.41 Å². The Morgan fingerprint density at radius 1 is 0.981 bits per heavy atom. The molecule has 52 heavy (non-hydrogen) atoms. The monoisotopic (exact) mass is 698 g/mol. The highest BCUT2D eigenvalue weighted by Crippen LogP contribution is 2.69. The van der Waals surface area contributed by atoms with Gasteiger partial charge in [0.2, 0.25) is 0 Å². The third kappa shape index (κ3) is 5.93. The molecular formula is C43H50N6O3. The SMILES string of the molecule is CC(C)(C)OC(=O)N(Cc1ccccn1)CN(c1ccccc1)c1cc2ccccc2c(-c2c3c(nn2C2CCCCO2)C2(C)CCC3C2(C)C)n1. The molecule has 3 aliphatic rings. The molecule has 1 amide bonds. The fourth-order valence-electron chi connectivity index (χ4n) is 8.73. The molecule has 2 fully saturated rings. The lowest BCUT2D eigenvalue weighted by Crippen LogP contribution is -2.42. The number of aromatic nitrogens is 4. The molecule has 2 bridgehead atoms. The first kappa shape index (κ1) is 34.3. The van der Waals surface area contributed by atoms with E-state index in [-0.39, 0.29) is 30.3 Å². The third-order valence-corrected chi connectivity index (χ3v) is 11.8. The Morgan fingerprint density at radius 3 is 2.48 bits per heavy atom. The molecule has 9 heteroatoms. The Kier molecular flexibility index (Phi) is 8.60. The summed E-state index contributed by atoms with van der Waals surface area (Å²) >= 11 is 0. The van der Waals surface area contributed by atoms with Crippen LogP contribution in [0.2, 0.25) is 0 Å². The van der Waals surface area contributed by atoms with Crippen molar-refractivity contribution in [1.29, 1.82) is 0 Å². The van der Waals surface area contributed by atoms with Gasteiger partial charge < -0.3 is 14.4 Å². The molecule has 8 rings (SSSR count). The fourth-order valence-corrected chi connectivity index (χ4v) is 8.73. The topological polar surface area (TPSA) is 85.6 Å². The van der Waals surface area contributed by atoms with E-state index in [4.69, 9.17) is 19.6 Å². The van der Waals surface area contributed by atoms with Gasteiger partial charge in [-0.05, 0) is 99.9 Å². The van der Waals surface area contributed by atoms with Crippen LogP contribution in [0.4, 0.5) is 16.3 Å². The maximum absolute atomic E-state index is 13.9. The van der Waals surface area contributed by atoms with Gasteiger partial charge in [-0.1, -0.05) is 69.3 Å². The van der Waals surface area contributed by atoms with Crippen molar-refractivity contribution in [3.8, 4) is 11.4 Å². The second kappa shape index (κ2) is 13.0. The molecule has 3 atom stereocenters. The van der Waals surface area contributed by atoms with Crippen LogP contribution in [-0.2, 0) is 21.4 Å². The van der Waals surface area contributed by atoms with Crippen molar-refractivity contribution in [2.24, 2.45) is 5.41 Å². The minimum atomic E-state index is -0.671. The van der Waals surface area contributed by atoms with Crippen LogP contribution >= 0.6 is 0 Å². The Bertz CT molecular complexity index is 2080. The number of hydrogen-bond acceptors (Lipinski definition) is 7. The number of rotatable bonds is 8. The van der Waals surface area contributed by atoms with Crippen molar-refractivity contribution in [3.05, 3.63) is 102 Å². The molecule has 4 heterocycles. The second-order valence-electron chi connectivity index (χ2n) is 16.5. The van der Waals surface area contributed by atoms with E-state index >= 15 is 0 Å². The summed E-state index contributed by atoms with van der Waals surface area (Å²) in [5, 5.41) is 7.63. The summed E-state index contributed by atoms with van der Waals surface area (Å²) in [4.78, 5) is 27.9. The van der Waals surface area contributed by atoms with Gasteiger partial charge in [-0.25, -0.2) is 14.5 Å². The van der Waals surface area contributed by atoms with Gasteiger partial charge >= 0.3 is 6.09 Å². The lowest BCUT2D eigenvalue weighted by molar-refractivity contribution is -0.0391. The highest BCUT2D eigenvalue weighted by Gasteiger charge is 2.62. The number of para-hydroxylation sites is 1. The van der Waals surface area contributed by atoms with Crippen LogP contribution in [0.15, 0.2) is 85.1 Å². The summed E-state index contributed by atoms with van der Waals surface area (Å²) in [5.74, 6) is 1.10. The molecule has 270 valence electrons. The molecule has 2 aliphatic carbocycles. The van der Waals surface area contributed by atoms with Gasteiger partial charge in [0.05, 0.1) is 29.3 Å². The van der Waals surface area contributed by atoms with E-state index in [9.17, 15) is 4.79 Å². The van der Waals surface area contributed by atoms with Crippen LogP contribution in [-0.4, -0.2) is 49.6 Å². The lowest BCUT2D eigenvalue weighted by atomic mass is 9.70. The summed E-state index contributed by atoms with van der Waals surface area (Å²) in [6.45, 7) is 14.1. The van der Waals surface area contributed by atoms with Crippen LogP contribution in [0.1, 0.15) is 103 Å². The summed E-state index contributed by atoms with van der Waals surface area (Å²) in [5.41, 5.74) is 5.58. The van der Waals surface area contributed by atoms with Crippen LogP contribution in [0.3, 0.4) is 0 Å². The summed E-state index contributed by atoms with van der Waals surface area (Å²) in [6, 6.07) is 26.5. The number of amides is 1. The molecule has 2 aromatic carbocycles. The predicted octanol–water partition coefficient (Wildman–Crippen LogP) is 9.90. The van der Waals surface area contributed by atoms with Gasteiger partial charge in [0.25, 0.3) is 0 Å². The van der Waals surface area contributed by atoms with E-state index in [2.05, 4.69) is 77.8 Å². The van der Waals surface area contributed by atoms with Crippen molar-refractivity contribution < 1.29 is 14.3 Å². The standard InChI is InChI=1S/C43H50N6O3/c1-41(2,3)52-40(50)47(27-30-17-12-14-24-44-30)28-48(31-18-8-7-9-19-31)34-26-29-16-10-11-20-32(29)37(45-34)38-36-33-22-23-43(6,42(33,4)5)39(36)46-49(38)35-21-13-15-25-51-35/h7-12,14,16-20,24,26,33,35H,13,15,21-23,25,27-28H2,1-6H3. The molecule has 1 aliphatic heterocycles. The average molecular weight is 699 g/mol. The first-order valence-electron chi connectivity index (χ1n) is 18.8. The van der Waals surface area contributed by atoms with Crippen molar-refractivity contribution >= 4 is 28.4 Å². The van der Waals surface area contributed by atoms with Gasteiger partial charge in [-0.2, -0.15) is 5.10 Å². The van der Waals surface area contributed by atoms with Crippen molar-refractivity contribution in [1.82, 2.24) is 24.6 Å². The van der Waals surface area contributed by atoms with E-state index < -0.39 is 11.7 Å². The maximum Gasteiger partial charge on any atom is 0.412 e. The number of pyridine rings is 2. The van der Waals surface area contributed by atoms with Crippen LogP contribution in [0.25, 0.3) is 22.2 Å². The Hall–Kier alpha value is -4.76. The molecule has 5 aromatic rings. The highest BCUT2D eigenvalue weighted by molar-refractivity contribution is 5.97. The smallest absolute Gasteiger partial charge is 0.412 e. The van der Waals surface area contributed by atoms with Crippen molar-refractivity contribution in [3.63, 3.8) is 0 Å². The summed E-state index contributed by atoms with van der Waals surface area (Å²) in [7, 11) is 0. The molecule has 0 N–H and O–H groups in total. The summed E-state index contributed by atoms with van der Waals surface area (Å²) < 4.78 is 14.6. The first-order valence-corrected chi connectivity index (χ1v) is 18.8. The van der Waals surface area contributed by atoms with Crippen molar-refractivity contribution in [2.75, 3.05) is 18.2 Å². The first-order chi connectivity index (χ1) is 24.9. The van der Waals surface area contributed by atoms with E-state index in [1.807, 2.05) is 57.2 Å². The van der Waals surface area contributed by atoms with Gasteiger partial charge in [0, 0.05) is 34.9 Å². The summed E-state index contributed by atoms with van der Waals surface area (Å²) in [6.07, 6.45) is 6.54. The number of benzene rings is 2. The molecule has 1 saturated heterocycles. The molecular weight excluding hydrogens is 649 g/mol. The van der Waals surface area contributed by atoms with Gasteiger partial charge in [0.1, 0.15) is 18.1 Å².